The molecule has 0 unspecified atom stereocenters. The first kappa shape index (κ1) is 23.6. The maximum atomic E-state index is 11.3. The van der Waals surface area contributed by atoms with Gasteiger partial charge in [-0.3, -0.25) is 4.79 Å². The van der Waals surface area contributed by atoms with Crippen molar-refractivity contribution in [1.82, 2.24) is 14.9 Å². The van der Waals surface area contributed by atoms with E-state index in [1.165, 1.54) is 5.52 Å². The van der Waals surface area contributed by atoms with Gasteiger partial charge in [-0.1, -0.05) is 25.5 Å². The Hall–Kier alpha value is -3.02. The van der Waals surface area contributed by atoms with Crippen molar-refractivity contribution in [3.05, 3.63) is 54.4 Å². The molecule has 0 fully saturated rings. The zero-order chi connectivity index (χ0) is 22.6. The van der Waals surface area contributed by atoms with E-state index in [2.05, 4.69) is 28.1 Å². The highest BCUT2D eigenvalue weighted by molar-refractivity contribution is 5.76. The van der Waals surface area contributed by atoms with Crippen LogP contribution in [0.5, 0.6) is 11.5 Å². The van der Waals surface area contributed by atoms with Crippen LogP contribution in [0, 0.1) is 0 Å². The molecule has 0 atom stereocenters. The molecule has 3 rings (SSSR count). The van der Waals surface area contributed by atoms with Crippen molar-refractivity contribution in [3.63, 3.8) is 0 Å². The number of nitrogens with one attached hydrogen (secondary N) is 1. The molecule has 3 aromatic rings. The molecule has 6 nitrogen and oxygen atoms in total. The normalized spacial score (nSPS) is 10.9. The summed E-state index contributed by atoms with van der Waals surface area (Å²) >= 11 is 0. The van der Waals surface area contributed by atoms with E-state index >= 15 is 0 Å². The number of unbranched alkanes of at least 4 members (excludes halogenated alkanes) is 3. The summed E-state index contributed by atoms with van der Waals surface area (Å²) in [5.41, 5.74) is 2.26. The maximum absolute atomic E-state index is 11.3. The van der Waals surface area contributed by atoms with E-state index in [1.807, 2.05) is 37.3 Å². The fraction of sp³-hybridized carbons (Fsp3) is 0.462. The molecule has 0 aliphatic rings. The molecule has 0 aliphatic heterocycles. The molecule has 0 aliphatic carbocycles. The molecule has 32 heavy (non-hydrogen) atoms. The summed E-state index contributed by atoms with van der Waals surface area (Å²) in [7, 11) is 1.66. The lowest BCUT2D eigenvalue weighted by Crippen LogP contribution is -2.23. The van der Waals surface area contributed by atoms with Crippen molar-refractivity contribution >= 4 is 16.9 Å². The Bertz CT molecular complexity index is 966. The van der Waals surface area contributed by atoms with E-state index in [0.29, 0.717) is 13.0 Å². The Morgan fingerprint density at radius 2 is 1.75 bits per heavy atom. The predicted octanol–water partition coefficient (Wildman–Crippen LogP) is 5.14. The molecule has 0 bridgehead atoms. The van der Waals surface area contributed by atoms with E-state index < -0.39 is 0 Å². The number of benzene rings is 2. The Labute approximate surface area is 190 Å². The van der Waals surface area contributed by atoms with Gasteiger partial charge in [-0.05, 0) is 62.1 Å². The van der Waals surface area contributed by atoms with Crippen LogP contribution in [0.3, 0.4) is 0 Å². The lowest BCUT2D eigenvalue weighted by Gasteiger charge is -2.11. The van der Waals surface area contributed by atoms with Crippen molar-refractivity contribution in [2.45, 2.75) is 58.4 Å². The van der Waals surface area contributed by atoms with E-state index in [0.717, 1.165) is 74.5 Å². The number of aryl methyl sites for hydroxylation is 2. The van der Waals surface area contributed by atoms with Crippen LogP contribution >= 0.6 is 0 Å². The molecule has 0 spiro atoms. The smallest absolute Gasteiger partial charge is 0.219 e. The van der Waals surface area contributed by atoms with Crippen molar-refractivity contribution in [3.8, 4) is 11.5 Å². The second kappa shape index (κ2) is 12.7. The summed E-state index contributed by atoms with van der Waals surface area (Å²) in [5, 5.41) is 2.94. The van der Waals surface area contributed by atoms with Crippen LogP contribution in [0.1, 0.15) is 51.3 Å². The van der Waals surface area contributed by atoms with Gasteiger partial charge in [0.25, 0.3) is 0 Å². The minimum absolute atomic E-state index is 0.128. The largest absolute Gasteiger partial charge is 0.497 e. The molecule has 1 N–H and O–H groups in total. The second-order valence-electron chi connectivity index (χ2n) is 7.91. The van der Waals surface area contributed by atoms with Gasteiger partial charge in [0.2, 0.25) is 5.91 Å². The lowest BCUT2D eigenvalue weighted by molar-refractivity contribution is -0.120. The molecular weight excluding hydrogens is 402 g/mol. The van der Waals surface area contributed by atoms with Crippen molar-refractivity contribution < 1.29 is 14.3 Å². The quantitative estimate of drug-likeness (QED) is 0.355. The molecule has 1 amide bonds. The minimum Gasteiger partial charge on any atom is -0.497 e. The van der Waals surface area contributed by atoms with Gasteiger partial charge in [-0.15, -0.1) is 0 Å². The van der Waals surface area contributed by atoms with Crippen LogP contribution in [0.2, 0.25) is 0 Å². The molecule has 0 saturated carbocycles. The van der Waals surface area contributed by atoms with Crippen molar-refractivity contribution in [2.24, 2.45) is 0 Å². The molecule has 2 aromatic carbocycles. The fourth-order valence-electron chi connectivity index (χ4n) is 3.74. The highest BCUT2D eigenvalue weighted by Crippen LogP contribution is 2.20. The monoisotopic (exact) mass is 437 g/mol. The standard InChI is InChI=1S/C26H35N3O3/c1-3-26(30)27-18-8-4-5-13-25-28-23-11-6-7-12-24(23)29(25)19-9-10-20-32-22-16-14-21(31-2)15-17-22/h6-7,11-12,14-17H,3-5,8-10,13,18-20H2,1-2H3,(H,27,30). The lowest BCUT2D eigenvalue weighted by atomic mass is 10.2. The van der Waals surface area contributed by atoms with Crippen LogP contribution in [0.25, 0.3) is 11.0 Å². The first-order valence-electron chi connectivity index (χ1n) is 11.7. The molecule has 0 radical (unpaired) electrons. The van der Waals surface area contributed by atoms with Crippen molar-refractivity contribution in [1.29, 1.82) is 0 Å². The average molecular weight is 438 g/mol. The number of amides is 1. The van der Waals surface area contributed by atoms with Gasteiger partial charge in [0.1, 0.15) is 17.3 Å². The number of hydrogen-bond acceptors (Lipinski definition) is 4. The minimum atomic E-state index is 0.128. The number of hydrogen-bond donors (Lipinski definition) is 1. The SMILES string of the molecule is CCC(=O)NCCCCCc1nc2ccccc2n1CCCCOc1ccc(OC)cc1. The Morgan fingerprint density at radius 1 is 0.969 bits per heavy atom. The summed E-state index contributed by atoms with van der Waals surface area (Å²) in [6.07, 6.45) is 6.69. The highest BCUT2D eigenvalue weighted by atomic mass is 16.5. The first-order chi connectivity index (χ1) is 15.7. The fourth-order valence-corrected chi connectivity index (χ4v) is 3.74. The molecule has 0 saturated heterocycles. The molecule has 1 heterocycles. The summed E-state index contributed by atoms with van der Waals surface area (Å²) in [6.45, 7) is 4.27. The molecule has 1 aromatic heterocycles. The third-order valence-corrected chi connectivity index (χ3v) is 5.56. The number of aromatic nitrogens is 2. The number of nitrogens with zero attached hydrogens (tertiary/aromatic N) is 2. The van der Waals surface area contributed by atoms with Crippen LogP contribution < -0.4 is 14.8 Å². The zero-order valence-electron chi connectivity index (χ0n) is 19.3. The van der Waals surface area contributed by atoms with E-state index in [1.54, 1.807) is 7.11 Å². The predicted molar refractivity (Wildman–Crippen MR) is 128 cm³/mol. The van der Waals surface area contributed by atoms with Crippen LogP contribution in [0.4, 0.5) is 0 Å². The van der Waals surface area contributed by atoms with Gasteiger partial charge in [0, 0.05) is 25.9 Å². The van der Waals surface area contributed by atoms with Gasteiger partial charge in [0.05, 0.1) is 24.8 Å². The number of rotatable bonds is 14. The van der Waals surface area contributed by atoms with Gasteiger partial charge >= 0.3 is 0 Å². The maximum Gasteiger partial charge on any atom is 0.219 e. The number of carbonyl (C=O) groups is 1. The molecular formula is C26H35N3O3. The topological polar surface area (TPSA) is 65.4 Å². The van der Waals surface area contributed by atoms with Gasteiger partial charge in [0.15, 0.2) is 0 Å². The average Bonchev–Trinajstić information content (AvgIpc) is 3.18. The Balaban J connectivity index is 1.46. The van der Waals surface area contributed by atoms with Crippen molar-refractivity contribution in [2.75, 3.05) is 20.3 Å². The number of imidazole rings is 1. The van der Waals surface area contributed by atoms with Crippen LogP contribution in [-0.2, 0) is 17.8 Å². The summed E-state index contributed by atoms with van der Waals surface area (Å²) in [5.74, 6) is 2.99. The number of ether oxygens (including phenoxy) is 2. The number of para-hydroxylation sites is 2. The summed E-state index contributed by atoms with van der Waals surface area (Å²) in [6, 6.07) is 16.1. The van der Waals surface area contributed by atoms with Crippen LogP contribution in [0.15, 0.2) is 48.5 Å². The van der Waals surface area contributed by atoms with Gasteiger partial charge < -0.3 is 19.4 Å². The summed E-state index contributed by atoms with van der Waals surface area (Å²) < 4.78 is 13.4. The van der Waals surface area contributed by atoms with Gasteiger partial charge in [-0.25, -0.2) is 4.98 Å². The van der Waals surface area contributed by atoms with E-state index in [4.69, 9.17) is 14.5 Å². The van der Waals surface area contributed by atoms with E-state index in [-0.39, 0.29) is 5.91 Å². The van der Waals surface area contributed by atoms with Crippen LogP contribution in [-0.4, -0.2) is 35.7 Å². The first-order valence-corrected chi connectivity index (χ1v) is 11.7. The third-order valence-electron chi connectivity index (χ3n) is 5.56. The molecule has 172 valence electrons. The molecule has 6 heteroatoms. The van der Waals surface area contributed by atoms with E-state index in [9.17, 15) is 4.79 Å². The Morgan fingerprint density at radius 3 is 2.53 bits per heavy atom. The zero-order valence-corrected chi connectivity index (χ0v) is 19.3. The van der Waals surface area contributed by atoms with Gasteiger partial charge in [-0.2, -0.15) is 0 Å². The number of fused-ring (bicyclic) bond motifs is 1. The second-order valence-corrected chi connectivity index (χ2v) is 7.91. The summed E-state index contributed by atoms with van der Waals surface area (Å²) in [4.78, 5) is 16.2. The Kier molecular flexibility index (Phi) is 9.41. The number of carbonyl (C=O) groups excluding carboxylic acids is 1. The highest BCUT2D eigenvalue weighted by Gasteiger charge is 2.10. The third kappa shape index (κ3) is 7.01. The number of methoxy groups -OCH3 is 1.